The van der Waals surface area contributed by atoms with Crippen LogP contribution in [0, 0.1) is 16.0 Å². The zero-order valence-corrected chi connectivity index (χ0v) is 15.0. The maximum absolute atomic E-state index is 12.2. The number of benzene rings is 1. The molecular formula is C16H21ClN4O4. The summed E-state index contributed by atoms with van der Waals surface area (Å²) in [4.78, 5) is 38.1. The molecule has 9 heteroatoms. The number of hydrogen-bond acceptors (Lipinski definition) is 5. The fraction of sp³-hybridized carbons (Fsp3) is 0.500. The molecule has 1 saturated heterocycles. The van der Waals surface area contributed by atoms with Gasteiger partial charge in [-0.25, -0.2) is 0 Å². The Bertz CT molecular complexity index is 680. The zero-order chi connectivity index (χ0) is 18.6. The molecule has 1 fully saturated rings. The second-order valence-electron chi connectivity index (χ2n) is 6.28. The number of anilines is 1. The number of hydrogen-bond donors (Lipinski definition) is 1. The average Bonchev–Trinajstić information content (AvgIpc) is 2.55. The minimum absolute atomic E-state index is 0.0177. The lowest BCUT2D eigenvalue weighted by Crippen LogP contribution is -2.45. The Kier molecular flexibility index (Phi) is 6.33. The number of carbonyl (C=O) groups is 2. The molecule has 25 heavy (non-hydrogen) atoms. The minimum atomic E-state index is -0.597. The average molecular weight is 369 g/mol. The lowest BCUT2D eigenvalue weighted by Gasteiger charge is -2.32. The number of nitrogens with zero attached hydrogens (tertiary/aromatic N) is 3. The van der Waals surface area contributed by atoms with Gasteiger partial charge in [0, 0.05) is 32.4 Å². The van der Waals surface area contributed by atoms with Crippen LogP contribution in [-0.4, -0.2) is 60.3 Å². The van der Waals surface area contributed by atoms with Crippen LogP contribution in [0.15, 0.2) is 18.2 Å². The SMILES string of the molecule is CN(C)C(=O)C1CCCN(CC(=O)Nc2ccc(Cl)c([N+](=O)[O-])c2)C1. The van der Waals surface area contributed by atoms with E-state index in [0.29, 0.717) is 12.2 Å². The first-order valence-electron chi connectivity index (χ1n) is 7.95. The van der Waals surface area contributed by atoms with Crippen molar-refractivity contribution in [2.75, 3.05) is 39.0 Å². The summed E-state index contributed by atoms with van der Waals surface area (Å²) < 4.78 is 0. The number of rotatable bonds is 5. The van der Waals surface area contributed by atoms with Crippen molar-refractivity contribution in [3.8, 4) is 0 Å². The van der Waals surface area contributed by atoms with E-state index < -0.39 is 4.92 Å². The van der Waals surface area contributed by atoms with Gasteiger partial charge in [-0.1, -0.05) is 11.6 Å². The Hall–Kier alpha value is -2.19. The highest BCUT2D eigenvalue weighted by Gasteiger charge is 2.27. The third-order valence-electron chi connectivity index (χ3n) is 4.09. The fourth-order valence-electron chi connectivity index (χ4n) is 2.90. The number of piperidine rings is 1. The standard InChI is InChI=1S/C16H21ClN4O4/c1-19(2)16(23)11-4-3-7-20(9-11)10-15(22)18-12-5-6-13(17)14(8-12)21(24)25/h5-6,8,11H,3-4,7,9-10H2,1-2H3,(H,18,22). The van der Waals surface area contributed by atoms with E-state index >= 15 is 0 Å². The van der Waals surface area contributed by atoms with Crippen LogP contribution < -0.4 is 5.32 Å². The van der Waals surface area contributed by atoms with Crippen molar-refractivity contribution in [3.63, 3.8) is 0 Å². The van der Waals surface area contributed by atoms with Gasteiger partial charge in [0.2, 0.25) is 11.8 Å². The number of nitro groups is 1. The van der Waals surface area contributed by atoms with Crippen molar-refractivity contribution in [3.05, 3.63) is 33.3 Å². The molecule has 2 rings (SSSR count). The highest BCUT2D eigenvalue weighted by atomic mass is 35.5. The van der Waals surface area contributed by atoms with Gasteiger partial charge < -0.3 is 10.2 Å². The highest BCUT2D eigenvalue weighted by Crippen LogP contribution is 2.27. The van der Waals surface area contributed by atoms with E-state index in [9.17, 15) is 19.7 Å². The third kappa shape index (κ3) is 5.14. The van der Waals surface area contributed by atoms with Crippen LogP contribution in [0.3, 0.4) is 0 Å². The molecular weight excluding hydrogens is 348 g/mol. The monoisotopic (exact) mass is 368 g/mol. The van der Waals surface area contributed by atoms with Gasteiger partial charge in [-0.05, 0) is 31.5 Å². The molecule has 1 aromatic carbocycles. The first kappa shape index (κ1) is 19.1. The molecule has 0 radical (unpaired) electrons. The van der Waals surface area contributed by atoms with E-state index in [2.05, 4.69) is 5.32 Å². The maximum Gasteiger partial charge on any atom is 0.289 e. The minimum Gasteiger partial charge on any atom is -0.349 e. The van der Waals surface area contributed by atoms with Crippen LogP contribution in [0.1, 0.15) is 12.8 Å². The molecule has 0 spiro atoms. The highest BCUT2D eigenvalue weighted by molar-refractivity contribution is 6.32. The van der Waals surface area contributed by atoms with Crippen LogP contribution in [0.25, 0.3) is 0 Å². The molecule has 136 valence electrons. The van der Waals surface area contributed by atoms with E-state index in [4.69, 9.17) is 11.6 Å². The molecule has 1 aliphatic rings. The van der Waals surface area contributed by atoms with Gasteiger partial charge >= 0.3 is 0 Å². The van der Waals surface area contributed by atoms with Crippen molar-refractivity contribution < 1.29 is 14.5 Å². The number of amides is 2. The Labute approximate surface area is 150 Å². The van der Waals surface area contributed by atoms with E-state index in [1.165, 1.54) is 18.2 Å². The third-order valence-corrected chi connectivity index (χ3v) is 4.41. The van der Waals surface area contributed by atoms with E-state index in [-0.39, 0.29) is 35.0 Å². The van der Waals surface area contributed by atoms with Crippen LogP contribution in [-0.2, 0) is 9.59 Å². The Morgan fingerprint density at radius 2 is 2.16 bits per heavy atom. The Morgan fingerprint density at radius 1 is 1.44 bits per heavy atom. The van der Waals surface area contributed by atoms with Crippen molar-refractivity contribution in [2.24, 2.45) is 5.92 Å². The predicted molar refractivity (Wildman–Crippen MR) is 94.6 cm³/mol. The molecule has 2 amide bonds. The summed E-state index contributed by atoms with van der Waals surface area (Å²) >= 11 is 5.76. The van der Waals surface area contributed by atoms with Gasteiger partial charge in [-0.2, -0.15) is 0 Å². The molecule has 8 nitrogen and oxygen atoms in total. The smallest absolute Gasteiger partial charge is 0.289 e. The van der Waals surface area contributed by atoms with Gasteiger partial charge in [0.25, 0.3) is 5.69 Å². The predicted octanol–water partition coefficient (Wildman–Crippen LogP) is 1.99. The molecule has 0 aromatic heterocycles. The second kappa shape index (κ2) is 8.26. The quantitative estimate of drug-likeness (QED) is 0.633. The first-order chi connectivity index (χ1) is 11.8. The molecule has 1 atom stereocenters. The van der Waals surface area contributed by atoms with Gasteiger partial charge in [0.1, 0.15) is 5.02 Å². The summed E-state index contributed by atoms with van der Waals surface area (Å²) in [6.07, 6.45) is 1.67. The van der Waals surface area contributed by atoms with Gasteiger partial charge in [0.15, 0.2) is 0 Å². The number of halogens is 1. The number of nitrogens with one attached hydrogen (secondary N) is 1. The second-order valence-corrected chi connectivity index (χ2v) is 6.69. The van der Waals surface area contributed by atoms with Crippen LogP contribution >= 0.6 is 11.6 Å². The Morgan fingerprint density at radius 3 is 2.80 bits per heavy atom. The van der Waals surface area contributed by atoms with Crippen LogP contribution in [0.2, 0.25) is 5.02 Å². The van der Waals surface area contributed by atoms with Crippen molar-refractivity contribution in [1.29, 1.82) is 0 Å². The molecule has 1 aliphatic heterocycles. The zero-order valence-electron chi connectivity index (χ0n) is 14.2. The molecule has 1 heterocycles. The largest absolute Gasteiger partial charge is 0.349 e. The van der Waals surface area contributed by atoms with Crippen LogP contribution in [0.4, 0.5) is 11.4 Å². The topological polar surface area (TPSA) is 95.8 Å². The number of nitro benzene ring substituents is 1. The van der Waals surface area contributed by atoms with Gasteiger partial charge in [-0.15, -0.1) is 0 Å². The Balaban J connectivity index is 1.95. The van der Waals surface area contributed by atoms with E-state index in [1.54, 1.807) is 19.0 Å². The van der Waals surface area contributed by atoms with Crippen molar-refractivity contribution >= 4 is 34.8 Å². The summed E-state index contributed by atoms with van der Waals surface area (Å²) in [5, 5.41) is 13.6. The molecule has 1 aromatic rings. The molecule has 1 N–H and O–H groups in total. The summed E-state index contributed by atoms with van der Waals surface area (Å²) in [7, 11) is 3.45. The van der Waals surface area contributed by atoms with Gasteiger partial charge in [0.05, 0.1) is 17.4 Å². The summed E-state index contributed by atoms with van der Waals surface area (Å²) in [5.41, 5.74) is 0.0631. The summed E-state index contributed by atoms with van der Waals surface area (Å²) in [6, 6.07) is 4.12. The van der Waals surface area contributed by atoms with Crippen LogP contribution in [0.5, 0.6) is 0 Å². The lowest BCUT2D eigenvalue weighted by atomic mass is 9.97. The molecule has 1 unspecified atom stereocenters. The molecule has 0 aliphatic carbocycles. The summed E-state index contributed by atoms with van der Waals surface area (Å²) in [5.74, 6) is -0.318. The van der Waals surface area contributed by atoms with Gasteiger partial charge in [-0.3, -0.25) is 24.6 Å². The van der Waals surface area contributed by atoms with Crippen molar-refractivity contribution in [1.82, 2.24) is 9.80 Å². The lowest BCUT2D eigenvalue weighted by molar-refractivity contribution is -0.384. The van der Waals surface area contributed by atoms with E-state index in [1.807, 2.05) is 4.90 Å². The summed E-state index contributed by atoms with van der Waals surface area (Å²) in [6.45, 7) is 1.41. The first-order valence-corrected chi connectivity index (χ1v) is 8.33. The molecule has 0 saturated carbocycles. The molecule has 0 bridgehead atoms. The number of likely N-dealkylation sites (tertiary alicyclic amines) is 1. The normalized spacial score (nSPS) is 17.8. The van der Waals surface area contributed by atoms with Crippen molar-refractivity contribution in [2.45, 2.75) is 12.8 Å². The number of carbonyl (C=O) groups excluding carboxylic acids is 2. The maximum atomic E-state index is 12.2. The van der Waals surface area contributed by atoms with E-state index in [0.717, 1.165) is 19.4 Å². The fourth-order valence-corrected chi connectivity index (χ4v) is 3.09.